The summed E-state index contributed by atoms with van der Waals surface area (Å²) >= 11 is 0. The average molecular weight is 343 g/mol. The van der Waals surface area contributed by atoms with Crippen molar-refractivity contribution in [3.05, 3.63) is 47.3 Å². The van der Waals surface area contributed by atoms with E-state index in [2.05, 4.69) is 21.3 Å². The third-order valence-electron chi connectivity index (χ3n) is 4.57. The first-order valence-electron chi connectivity index (χ1n) is 8.55. The summed E-state index contributed by atoms with van der Waals surface area (Å²) in [6.07, 6.45) is 0.581. The third kappa shape index (κ3) is 3.83. The van der Waals surface area contributed by atoms with Gasteiger partial charge in [-0.15, -0.1) is 0 Å². The van der Waals surface area contributed by atoms with Crippen molar-refractivity contribution in [2.75, 3.05) is 6.54 Å². The van der Waals surface area contributed by atoms with E-state index in [-0.39, 0.29) is 29.8 Å². The maximum absolute atomic E-state index is 12.4. The minimum Gasteiger partial charge on any atom is -0.508 e. The Balaban J connectivity index is 1.54. The number of benzene rings is 1. The fourth-order valence-electron chi connectivity index (χ4n) is 3.26. The number of phenolic OH excluding ortho intramolecular Hbond substituents is 1. The molecule has 3 rings (SSSR count). The molecule has 0 bridgehead atoms. The van der Waals surface area contributed by atoms with Gasteiger partial charge >= 0.3 is 0 Å². The summed E-state index contributed by atoms with van der Waals surface area (Å²) in [6.45, 7) is 6.52. The van der Waals surface area contributed by atoms with E-state index in [4.69, 9.17) is 0 Å². The average Bonchev–Trinajstić information content (AvgIpc) is 3.19. The van der Waals surface area contributed by atoms with Crippen molar-refractivity contribution in [1.82, 2.24) is 25.9 Å². The lowest BCUT2D eigenvalue weighted by molar-refractivity contribution is -0.123. The van der Waals surface area contributed by atoms with Crippen LogP contribution in [0.3, 0.4) is 0 Å². The molecule has 4 N–H and O–H groups in total. The van der Waals surface area contributed by atoms with E-state index in [9.17, 15) is 9.90 Å². The van der Waals surface area contributed by atoms with Gasteiger partial charge in [-0.3, -0.25) is 9.48 Å². The standard InChI is InChI=1S/C18H25N5O2/c1-11-8-12(2)23(22-11)13(3)10-19-18(25)16-9-15(20-21-16)14-6-4-5-7-17(14)24/h4-8,13,15-16,20-21,24H,9-10H2,1-3H3,(H,19,25). The minimum atomic E-state index is -0.336. The van der Waals surface area contributed by atoms with Crippen LogP contribution in [0.15, 0.2) is 30.3 Å². The van der Waals surface area contributed by atoms with E-state index >= 15 is 0 Å². The molecule has 0 saturated carbocycles. The number of nitrogens with one attached hydrogen (secondary N) is 3. The van der Waals surface area contributed by atoms with Crippen LogP contribution in [0, 0.1) is 13.8 Å². The molecular formula is C18H25N5O2. The van der Waals surface area contributed by atoms with Crippen LogP contribution in [-0.4, -0.2) is 33.4 Å². The number of rotatable bonds is 5. The Morgan fingerprint density at radius 2 is 2.16 bits per heavy atom. The Labute approximate surface area is 147 Å². The van der Waals surface area contributed by atoms with Gasteiger partial charge in [-0.1, -0.05) is 18.2 Å². The highest BCUT2D eigenvalue weighted by Crippen LogP contribution is 2.29. The number of hydrogen-bond donors (Lipinski definition) is 4. The predicted molar refractivity (Wildman–Crippen MR) is 94.9 cm³/mol. The molecule has 25 heavy (non-hydrogen) atoms. The van der Waals surface area contributed by atoms with Crippen LogP contribution in [0.5, 0.6) is 5.75 Å². The first-order chi connectivity index (χ1) is 12.0. The van der Waals surface area contributed by atoms with Crippen LogP contribution in [0.25, 0.3) is 0 Å². The highest BCUT2D eigenvalue weighted by Gasteiger charge is 2.31. The van der Waals surface area contributed by atoms with E-state index in [0.29, 0.717) is 13.0 Å². The molecule has 3 unspecified atom stereocenters. The summed E-state index contributed by atoms with van der Waals surface area (Å²) in [6, 6.07) is 8.85. The smallest absolute Gasteiger partial charge is 0.238 e. The summed E-state index contributed by atoms with van der Waals surface area (Å²) in [5.41, 5.74) is 8.95. The molecule has 1 aliphatic rings. The zero-order valence-corrected chi connectivity index (χ0v) is 14.8. The zero-order chi connectivity index (χ0) is 18.0. The fraction of sp³-hybridized carbons (Fsp3) is 0.444. The Kier molecular flexibility index (Phi) is 5.06. The van der Waals surface area contributed by atoms with Gasteiger partial charge in [0.15, 0.2) is 0 Å². The van der Waals surface area contributed by atoms with Gasteiger partial charge in [0.2, 0.25) is 5.91 Å². The third-order valence-corrected chi connectivity index (χ3v) is 4.57. The maximum Gasteiger partial charge on any atom is 0.238 e. The lowest BCUT2D eigenvalue weighted by Gasteiger charge is -2.17. The molecule has 0 radical (unpaired) electrons. The van der Waals surface area contributed by atoms with Crippen molar-refractivity contribution in [2.45, 2.75) is 45.3 Å². The lowest BCUT2D eigenvalue weighted by Crippen LogP contribution is -2.44. The second-order valence-corrected chi connectivity index (χ2v) is 6.65. The van der Waals surface area contributed by atoms with Gasteiger partial charge in [0.25, 0.3) is 0 Å². The SMILES string of the molecule is Cc1cc(C)n(C(C)CNC(=O)C2CC(c3ccccc3O)NN2)n1. The van der Waals surface area contributed by atoms with Gasteiger partial charge in [-0.05, 0) is 39.3 Å². The van der Waals surface area contributed by atoms with Crippen LogP contribution in [0.2, 0.25) is 0 Å². The number of nitrogens with zero attached hydrogens (tertiary/aromatic N) is 2. The van der Waals surface area contributed by atoms with Crippen molar-refractivity contribution < 1.29 is 9.90 Å². The Morgan fingerprint density at radius 1 is 1.40 bits per heavy atom. The molecule has 1 fully saturated rings. The van der Waals surface area contributed by atoms with Crippen molar-refractivity contribution in [3.8, 4) is 5.75 Å². The van der Waals surface area contributed by atoms with Gasteiger partial charge in [-0.25, -0.2) is 10.9 Å². The van der Waals surface area contributed by atoms with Crippen LogP contribution >= 0.6 is 0 Å². The van der Waals surface area contributed by atoms with Gasteiger partial charge in [0.1, 0.15) is 11.8 Å². The molecular weight excluding hydrogens is 318 g/mol. The number of carbonyl (C=O) groups is 1. The summed E-state index contributed by atoms with van der Waals surface area (Å²) in [4.78, 5) is 12.4. The summed E-state index contributed by atoms with van der Waals surface area (Å²) < 4.78 is 1.93. The second-order valence-electron chi connectivity index (χ2n) is 6.65. The van der Waals surface area contributed by atoms with Crippen LogP contribution in [-0.2, 0) is 4.79 Å². The molecule has 0 spiro atoms. The Hall–Kier alpha value is -2.38. The fourth-order valence-corrected chi connectivity index (χ4v) is 3.26. The number of hydrogen-bond acceptors (Lipinski definition) is 5. The Morgan fingerprint density at radius 3 is 2.84 bits per heavy atom. The molecule has 1 saturated heterocycles. The van der Waals surface area contributed by atoms with E-state index in [1.165, 1.54) is 0 Å². The molecule has 2 heterocycles. The van der Waals surface area contributed by atoms with Crippen LogP contribution in [0.1, 0.15) is 42.4 Å². The highest BCUT2D eigenvalue weighted by atomic mass is 16.3. The molecule has 3 atom stereocenters. The summed E-state index contributed by atoms with van der Waals surface area (Å²) in [7, 11) is 0. The lowest BCUT2D eigenvalue weighted by atomic mass is 10.0. The number of phenols is 1. The number of amides is 1. The van der Waals surface area contributed by atoms with Crippen molar-refractivity contribution in [2.24, 2.45) is 0 Å². The summed E-state index contributed by atoms with van der Waals surface area (Å²) in [5.74, 6) is 0.180. The highest BCUT2D eigenvalue weighted by molar-refractivity contribution is 5.82. The zero-order valence-electron chi connectivity index (χ0n) is 14.8. The minimum absolute atomic E-state index is 0.0567. The number of aryl methyl sites for hydroxylation is 2. The topological polar surface area (TPSA) is 91.2 Å². The van der Waals surface area contributed by atoms with Crippen LogP contribution in [0.4, 0.5) is 0 Å². The second kappa shape index (κ2) is 7.25. The molecule has 1 aromatic carbocycles. The van der Waals surface area contributed by atoms with Gasteiger partial charge < -0.3 is 10.4 Å². The first kappa shape index (κ1) is 17.4. The molecule has 1 aromatic heterocycles. The predicted octanol–water partition coefficient (Wildman–Crippen LogP) is 1.49. The first-order valence-corrected chi connectivity index (χ1v) is 8.55. The van der Waals surface area contributed by atoms with Crippen molar-refractivity contribution in [3.63, 3.8) is 0 Å². The Bertz CT molecular complexity index is 758. The molecule has 1 aliphatic heterocycles. The van der Waals surface area contributed by atoms with Crippen molar-refractivity contribution >= 4 is 5.91 Å². The molecule has 1 amide bonds. The van der Waals surface area contributed by atoms with E-state index in [0.717, 1.165) is 17.0 Å². The van der Waals surface area contributed by atoms with Crippen molar-refractivity contribution in [1.29, 1.82) is 0 Å². The molecule has 7 heteroatoms. The number of para-hydroxylation sites is 1. The quantitative estimate of drug-likeness (QED) is 0.660. The number of hydrazine groups is 1. The van der Waals surface area contributed by atoms with Gasteiger partial charge in [-0.2, -0.15) is 5.10 Å². The normalized spacial score (nSPS) is 21.2. The molecule has 2 aromatic rings. The van der Waals surface area contributed by atoms with E-state index in [1.807, 2.05) is 43.7 Å². The number of aromatic nitrogens is 2. The molecule has 0 aliphatic carbocycles. The van der Waals surface area contributed by atoms with E-state index < -0.39 is 0 Å². The summed E-state index contributed by atoms with van der Waals surface area (Å²) in [5, 5.41) is 17.4. The largest absolute Gasteiger partial charge is 0.508 e. The van der Waals surface area contributed by atoms with Crippen LogP contribution < -0.4 is 16.2 Å². The van der Waals surface area contributed by atoms with E-state index in [1.54, 1.807) is 12.1 Å². The molecule has 134 valence electrons. The van der Waals surface area contributed by atoms with Gasteiger partial charge in [0, 0.05) is 17.8 Å². The monoisotopic (exact) mass is 343 g/mol. The number of carbonyl (C=O) groups excluding carboxylic acids is 1. The maximum atomic E-state index is 12.4. The molecule has 7 nitrogen and oxygen atoms in total. The van der Waals surface area contributed by atoms with Gasteiger partial charge in [0.05, 0.1) is 17.8 Å². The number of aromatic hydroxyl groups is 1.